The lowest BCUT2D eigenvalue weighted by Gasteiger charge is -2.31. The number of hydrogen-bond acceptors (Lipinski definition) is 4. The Labute approximate surface area is 136 Å². The standard InChI is InChI=1S/C18H23N3O2/c19-9-6-17-20-16(13-23-17)18(22)21-10-7-15(8-11-21)12-14-4-2-1-3-5-14/h1-5,13,15H,6-12,19H2. The normalized spacial score (nSPS) is 15.8. The second-order valence-electron chi connectivity index (χ2n) is 6.09. The summed E-state index contributed by atoms with van der Waals surface area (Å²) in [7, 11) is 0. The van der Waals surface area contributed by atoms with Crippen LogP contribution in [0.15, 0.2) is 41.0 Å². The van der Waals surface area contributed by atoms with Crippen LogP contribution >= 0.6 is 0 Å². The molecule has 1 aliphatic heterocycles. The molecular formula is C18H23N3O2. The molecule has 2 N–H and O–H groups in total. The minimum absolute atomic E-state index is 0.0322. The van der Waals surface area contributed by atoms with Crippen molar-refractivity contribution in [3.8, 4) is 0 Å². The first kappa shape index (κ1) is 15.7. The maximum atomic E-state index is 12.5. The fourth-order valence-corrected chi connectivity index (χ4v) is 3.10. The number of piperidine rings is 1. The first-order chi connectivity index (χ1) is 11.3. The van der Waals surface area contributed by atoms with Crippen LogP contribution in [0.2, 0.25) is 0 Å². The van der Waals surface area contributed by atoms with Crippen molar-refractivity contribution in [3.63, 3.8) is 0 Å². The van der Waals surface area contributed by atoms with Gasteiger partial charge in [0.05, 0.1) is 0 Å². The highest BCUT2D eigenvalue weighted by atomic mass is 16.3. The van der Waals surface area contributed by atoms with Crippen molar-refractivity contribution in [2.45, 2.75) is 25.7 Å². The van der Waals surface area contributed by atoms with Gasteiger partial charge in [-0.3, -0.25) is 4.79 Å². The molecule has 1 aromatic carbocycles. The SMILES string of the molecule is NCCc1nc(C(=O)N2CCC(Cc3ccccc3)CC2)co1. The van der Waals surface area contributed by atoms with E-state index in [1.807, 2.05) is 11.0 Å². The van der Waals surface area contributed by atoms with E-state index in [9.17, 15) is 4.79 Å². The maximum Gasteiger partial charge on any atom is 0.275 e. The van der Waals surface area contributed by atoms with Crippen molar-refractivity contribution >= 4 is 5.91 Å². The van der Waals surface area contributed by atoms with Crippen LogP contribution in [0.4, 0.5) is 0 Å². The summed E-state index contributed by atoms with van der Waals surface area (Å²) >= 11 is 0. The fraction of sp³-hybridized carbons (Fsp3) is 0.444. The number of amides is 1. The number of likely N-dealkylation sites (tertiary alicyclic amines) is 1. The average Bonchev–Trinajstić information content (AvgIpc) is 3.05. The zero-order valence-electron chi connectivity index (χ0n) is 13.3. The molecule has 0 radical (unpaired) electrons. The van der Waals surface area contributed by atoms with Crippen molar-refractivity contribution in [3.05, 3.63) is 53.7 Å². The summed E-state index contributed by atoms with van der Waals surface area (Å²) in [6.45, 7) is 2.05. The van der Waals surface area contributed by atoms with E-state index in [4.69, 9.17) is 10.2 Å². The lowest BCUT2D eigenvalue weighted by Crippen LogP contribution is -2.39. The lowest BCUT2D eigenvalue weighted by molar-refractivity contribution is 0.0684. The molecule has 0 aliphatic carbocycles. The Kier molecular flexibility index (Phi) is 5.08. The molecule has 5 nitrogen and oxygen atoms in total. The topological polar surface area (TPSA) is 72.4 Å². The second-order valence-corrected chi connectivity index (χ2v) is 6.09. The molecule has 2 heterocycles. The van der Waals surface area contributed by atoms with Crippen molar-refractivity contribution in [1.82, 2.24) is 9.88 Å². The van der Waals surface area contributed by atoms with Gasteiger partial charge >= 0.3 is 0 Å². The van der Waals surface area contributed by atoms with Crippen molar-refractivity contribution in [2.75, 3.05) is 19.6 Å². The summed E-state index contributed by atoms with van der Waals surface area (Å²) in [6, 6.07) is 10.5. The van der Waals surface area contributed by atoms with Crippen LogP contribution in [0.5, 0.6) is 0 Å². The summed E-state index contributed by atoms with van der Waals surface area (Å²) < 4.78 is 5.28. The number of nitrogens with zero attached hydrogens (tertiary/aromatic N) is 2. The fourth-order valence-electron chi connectivity index (χ4n) is 3.10. The summed E-state index contributed by atoms with van der Waals surface area (Å²) in [5.41, 5.74) is 7.25. The average molecular weight is 313 g/mol. The molecule has 0 saturated carbocycles. The van der Waals surface area contributed by atoms with Gasteiger partial charge in [0.2, 0.25) is 0 Å². The quantitative estimate of drug-likeness (QED) is 0.919. The van der Waals surface area contributed by atoms with E-state index >= 15 is 0 Å². The molecule has 1 aromatic heterocycles. The Bertz CT molecular complexity index is 631. The molecule has 0 unspecified atom stereocenters. The zero-order chi connectivity index (χ0) is 16.1. The number of carbonyl (C=O) groups is 1. The van der Waals surface area contributed by atoms with Crippen LogP contribution in [0.3, 0.4) is 0 Å². The van der Waals surface area contributed by atoms with E-state index in [-0.39, 0.29) is 5.91 Å². The van der Waals surface area contributed by atoms with Gasteiger partial charge in [-0.1, -0.05) is 30.3 Å². The highest BCUT2D eigenvalue weighted by Crippen LogP contribution is 2.22. The molecule has 3 rings (SSSR count). The molecule has 5 heteroatoms. The van der Waals surface area contributed by atoms with E-state index in [2.05, 4.69) is 29.2 Å². The van der Waals surface area contributed by atoms with Crippen LogP contribution in [0, 0.1) is 5.92 Å². The zero-order valence-corrected chi connectivity index (χ0v) is 13.3. The highest BCUT2D eigenvalue weighted by Gasteiger charge is 2.25. The van der Waals surface area contributed by atoms with E-state index < -0.39 is 0 Å². The monoisotopic (exact) mass is 313 g/mol. The molecule has 0 atom stereocenters. The first-order valence-electron chi connectivity index (χ1n) is 8.24. The van der Waals surface area contributed by atoms with Gasteiger partial charge in [0.25, 0.3) is 5.91 Å². The van der Waals surface area contributed by atoms with Crippen LogP contribution in [-0.2, 0) is 12.8 Å². The van der Waals surface area contributed by atoms with Gasteiger partial charge in [-0.05, 0) is 30.7 Å². The maximum absolute atomic E-state index is 12.5. The third-order valence-electron chi connectivity index (χ3n) is 4.40. The third kappa shape index (κ3) is 3.99. The smallest absolute Gasteiger partial charge is 0.275 e. The number of nitrogens with two attached hydrogens (primary N) is 1. The van der Waals surface area contributed by atoms with Crippen molar-refractivity contribution in [1.29, 1.82) is 0 Å². The van der Waals surface area contributed by atoms with E-state index in [0.29, 0.717) is 30.5 Å². The molecule has 1 fully saturated rings. The minimum Gasteiger partial charge on any atom is -0.448 e. The molecule has 1 amide bonds. The summed E-state index contributed by atoms with van der Waals surface area (Å²) in [4.78, 5) is 18.6. The lowest BCUT2D eigenvalue weighted by atomic mass is 9.90. The molecule has 0 spiro atoms. The molecule has 1 aliphatic rings. The third-order valence-corrected chi connectivity index (χ3v) is 4.40. The van der Waals surface area contributed by atoms with Crippen molar-refractivity contribution < 1.29 is 9.21 Å². The Balaban J connectivity index is 1.52. The number of hydrogen-bond donors (Lipinski definition) is 1. The minimum atomic E-state index is -0.0322. The van der Waals surface area contributed by atoms with E-state index in [0.717, 1.165) is 32.4 Å². The van der Waals surface area contributed by atoms with Gasteiger partial charge in [0.15, 0.2) is 11.6 Å². The molecule has 0 bridgehead atoms. The molecule has 1 saturated heterocycles. The van der Waals surface area contributed by atoms with E-state index in [1.54, 1.807) is 0 Å². The number of benzene rings is 1. The second kappa shape index (κ2) is 7.42. The largest absolute Gasteiger partial charge is 0.448 e. The molecule has 2 aromatic rings. The Morgan fingerprint density at radius 1 is 1.26 bits per heavy atom. The number of oxazole rings is 1. The predicted molar refractivity (Wildman–Crippen MR) is 88.0 cm³/mol. The number of carbonyl (C=O) groups excluding carboxylic acids is 1. The van der Waals surface area contributed by atoms with Crippen LogP contribution < -0.4 is 5.73 Å². The van der Waals surface area contributed by atoms with Gasteiger partial charge in [-0.15, -0.1) is 0 Å². The van der Waals surface area contributed by atoms with Gasteiger partial charge in [-0.2, -0.15) is 0 Å². The molecule has 23 heavy (non-hydrogen) atoms. The summed E-state index contributed by atoms with van der Waals surface area (Å²) in [5, 5.41) is 0. The number of rotatable bonds is 5. The Morgan fingerprint density at radius 2 is 2.00 bits per heavy atom. The van der Waals surface area contributed by atoms with Gasteiger partial charge in [0.1, 0.15) is 6.26 Å². The van der Waals surface area contributed by atoms with Gasteiger partial charge < -0.3 is 15.1 Å². The van der Waals surface area contributed by atoms with Crippen LogP contribution in [0.25, 0.3) is 0 Å². The van der Waals surface area contributed by atoms with Gasteiger partial charge in [0, 0.05) is 26.1 Å². The predicted octanol–water partition coefficient (Wildman–Crippen LogP) is 2.27. The Hall–Kier alpha value is -2.14. The van der Waals surface area contributed by atoms with Crippen LogP contribution in [-0.4, -0.2) is 35.4 Å². The highest BCUT2D eigenvalue weighted by molar-refractivity contribution is 5.92. The van der Waals surface area contributed by atoms with E-state index in [1.165, 1.54) is 11.8 Å². The summed E-state index contributed by atoms with van der Waals surface area (Å²) in [6.07, 6.45) is 5.17. The first-order valence-corrected chi connectivity index (χ1v) is 8.24. The van der Waals surface area contributed by atoms with Gasteiger partial charge in [-0.25, -0.2) is 4.98 Å². The summed E-state index contributed by atoms with van der Waals surface area (Å²) in [5.74, 6) is 1.15. The molecule has 122 valence electrons. The van der Waals surface area contributed by atoms with Crippen LogP contribution in [0.1, 0.15) is 34.8 Å². The number of aromatic nitrogens is 1. The van der Waals surface area contributed by atoms with Crippen molar-refractivity contribution in [2.24, 2.45) is 11.7 Å². The molecular weight excluding hydrogens is 290 g/mol. The Morgan fingerprint density at radius 3 is 2.70 bits per heavy atom.